The molecule has 34 heteroatoms. The molecule has 0 aliphatic carbocycles. The van der Waals surface area contributed by atoms with Gasteiger partial charge in [0, 0.05) is 95.4 Å². The van der Waals surface area contributed by atoms with Crippen molar-refractivity contribution >= 4 is 87.3 Å². The van der Waals surface area contributed by atoms with Crippen LogP contribution in [0.5, 0.6) is 34.5 Å². The number of aromatic amines is 1. The largest absolute Gasteiger partial charge is 1.00 e. The number of likely N-dealkylation sites (tertiary alicyclic amines) is 3. The normalized spacial score (nSPS) is 13.9. The van der Waals surface area contributed by atoms with Crippen LogP contribution in [0.3, 0.4) is 0 Å². The fraction of sp³-hybridized carbons (Fsp3) is 0.339. The molecule has 31 nitrogen and oxygen atoms in total. The number of piperidine rings is 3. The molecule has 146 heavy (non-hydrogen) atoms. The van der Waals surface area contributed by atoms with Gasteiger partial charge in [-0.3, -0.25) is 48.0 Å². The molecule has 0 radical (unpaired) electrons. The number of aromatic nitrogens is 6. The Morgan fingerprint density at radius 1 is 0.452 bits per heavy atom. The number of nitrogens with zero attached hydrogens (tertiary/aromatic N) is 8. The van der Waals surface area contributed by atoms with Gasteiger partial charge in [-0.25, -0.2) is 34.6 Å². The van der Waals surface area contributed by atoms with E-state index in [1.807, 2.05) is 275 Å². The molecule has 5 N–H and O–H groups in total. The number of para-hydroxylation sites is 3. The number of nitrogens with one attached hydrogen (secondary N) is 3. The number of carbonyl (C=O) groups is 11. The van der Waals surface area contributed by atoms with Crippen molar-refractivity contribution in [1.29, 1.82) is 11.1 Å². The number of ether oxygens (including phenoxy) is 8. The van der Waals surface area contributed by atoms with Crippen molar-refractivity contribution in [2.45, 2.75) is 198 Å². The first kappa shape index (κ1) is 121. The number of halogens is 2. The Bertz CT molecular complexity index is 6190. The quantitative estimate of drug-likeness (QED) is 0.00829. The molecule has 12 aromatic rings. The van der Waals surface area contributed by atoms with Crippen molar-refractivity contribution < 1.29 is 133 Å². The zero-order chi connectivity index (χ0) is 106. The number of Topliss-reactive ketones (excluding diaryl/α,β-unsaturated/α-hetero) is 7. The second-order valence-electron chi connectivity index (χ2n) is 36.9. The van der Waals surface area contributed by atoms with E-state index >= 15 is 0 Å². The second-order valence-corrected chi connectivity index (χ2v) is 38.0. The number of carbonyl (C=O) groups excluding carboxylic acids is 11. The Labute approximate surface area is 891 Å². The van der Waals surface area contributed by atoms with Gasteiger partial charge in [-0.15, -0.1) is 0 Å². The van der Waals surface area contributed by atoms with Crippen molar-refractivity contribution in [3.63, 3.8) is 0 Å². The van der Waals surface area contributed by atoms with Crippen molar-refractivity contribution in [3.8, 4) is 68.3 Å². The summed E-state index contributed by atoms with van der Waals surface area (Å²) in [7, 11) is 1.68. The van der Waals surface area contributed by atoms with Crippen molar-refractivity contribution in [1.82, 2.24) is 44.5 Å². The predicted molar refractivity (Wildman–Crippen MR) is 563 cm³/mol. The fourth-order valence-corrected chi connectivity index (χ4v) is 15.6. The SMILES string of the molecule is CC(=O)c1c(I)c(-c2ccc(Oc3ccccc3)cc2)nn1C1CCCN(C(=O)OC(C)(C)C)C1.CC(=O)c1cc(-c2ccc(Oc3ccccc3)cc2)n[nH]1.CC(=O)c1cc(-c2ccc(Oc3ccccc3)cc2)nn1C1CCCN(C(=O)OC(C)(C)C)C1.CC(=O)c1ccc(C)cc1.CC(=O)c1ccc(F)cc1.CCOC(=O)C(=O)CC(=O)c1ccc(C)cc1.COC1CCCN(C(=O)OC(C)(C)C)C1.N=N.O.[H-].[HH].[Na+]. The van der Waals surface area contributed by atoms with Crippen LogP contribution in [-0.2, 0) is 33.3 Å². The molecule has 0 bridgehead atoms. The number of hydrogen-bond acceptors (Lipinski definition) is 24. The molecule has 3 saturated heterocycles. The molecule has 3 amide bonds. The minimum absolute atomic E-state index is 0. The van der Waals surface area contributed by atoms with Crippen LogP contribution in [0.1, 0.15) is 237 Å². The Kier molecular flexibility index (Phi) is 48.8. The molecule has 0 saturated carbocycles. The Balaban J connectivity index is 0.000000373. The monoisotopic (exact) mass is 2120 g/mol. The summed E-state index contributed by atoms with van der Waals surface area (Å²) in [6.45, 7) is 33.7. The third kappa shape index (κ3) is 39.9. The summed E-state index contributed by atoms with van der Waals surface area (Å²) < 4.78 is 60.3. The number of esters is 1. The van der Waals surface area contributed by atoms with E-state index in [1.54, 1.807) is 84.5 Å². The van der Waals surface area contributed by atoms with Gasteiger partial charge < -0.3 is 59.5 Å². The van der Waals surface area contributed by atoms with Crippen LogP contribution in [0.25, 0.3) is 33.8 Å². The van der Waals surface area contributed by atoms with E-state index in [9.17, 15) is 57.1 Å². The number of aryl methyl sites for hydroxylation is 2. The molecule has 9 aromatic carbocycles. The van der Waals surface area contributed by atoms with Crippen LogP contribution in [-0.4, -0.2) is 191 Å². The van der Waals surface area contributed by atoms with Crippen LogP contribution in [0.2, 0.25) is 0 Å². The summed E-state index contributed by atoms with van der Waals surface area (Å²) in [4.78, 5) is 134. The van der Waals surface area contributed by atoms with Gasteiger partial charge in [0.05, 0.1) is 52.7 Å². The van der Waals surface area contributed by atoms with Crippen LogP contribution >= 0.6 is 22.6 Å². The summed E-state index contributed by atoms with van der Waals surface area (Å²) >= 11 is 2.20. The number of rotatable bonds is 22. The maximum Gasteiger partial charge on any atom is 1.00 e. The molecule has 3 atom stereocenters. The molecule has 3 aliphatic heterocycles. The van der Waals surface area contributed by atoms with Crippen LogP contribution in [0, 0.1) is 34.3 Å². The predicted octanol–water partition coefficient (Wildman–Crippen LogP) is 22.0. The van der Waals surface area contributed by atoms with E-state index in [1.165, 1.54) is 43.7 Å². The van der Waals surface area contributed by atoms with Gasteiger partial charge in [0.25, 0.3) is 0 Å². The van der Waals surface area contributed by atoms with Gasteiger partial charge >= 0.3 is 53.8 Å². The number of benzene rings is 9. The molecular formula is C112H134FIN11NaO20. The molecular weight excluding hydrogens is 1990 g/mol. The summed E-state index contributed by atoms with van der Waals surface area (Å²) in [5.74, 6) is 2.04. The molecule has 3 fully saturated rings. The molecule has 3 aliphatic rings. The summed E-state index contributed by atoms with van der Waals surface area (Å²) in [5.41, 5.74) is 19.0. The first-order valence-electron chi connectivity index (χ1n) is 47.2. The molecule has 3 unspecified atom stereocenters. The number of H-pyrrole nitrogens is 1. The Morgan fingerprint density at radius 2 is 0.822 bits per heavy atom. The molecule has 6 heterocycles. The number of hydrogen-bond donors (Lipinski definition) is 3. The van der Waals surface area contributed by atoms with Crippen LogP contribution in [0.4, 0.5) is 18.8 Å². The molecule has 3 aromatic heterocycles. The Morgan fingerprint density at radius 3 is 1.19 bits per heavy atom. The van der Waals surface area contributed by atoms with E-state index < -0.39 is 35.0 Å². The van der Waals surface area contributed by atoms with E-state index in [-0.39, 0.29) is 121 Å². The van der Waals surface area contributed by atoms with Gasteiger partial charge in [0.1, 0.15) is 79.9 Å². The average Bonchev–Trinajstić information content (AvgIpc) is 1.63. The summed E-state index contributed by atoms with van der Waals surface area (Å²) in [6, 6.07) is 75.0. The first-order valence-corrected chi connectivity index (χ1v) is 48.3. The van der Waals surface area contributed by atoms with Gasteiger partial charge in [-0.2, -0.15) is 15.3 Å². The zero-order valence-corrected chi connectivity index (χ0v) is 90.6. The smallest absolute Gasteiger partial charge is 1.00 e. The van der Waals surface area contributed by atoms with E-state index in [0.29, 0.717) is 66.6 Å². The van der Waals surface area contributed by atoms with Gasteiger partial charge in [0.15, 0.2) is 34.7 Å². The third-order valence-corrected chi connectivity index (χ3v) is 22.7. The zero-order valence-electron chi connectivity index (χ0n) is 87.4. The fourth-order valence-electron chi connectivity index (χ4n) is 14.5. The Hall–Kier alpha value is -13.8. The van der Waals surface area contributed by atoms with Crippen LogP contribution < -0.4 is 43.8 Å². The topological polar surface area (TPSA) is 415 Å². The van der Waals surface area contributed by atoms with E-state index in [0.717, 1.165) is 122 Å². The average molecular weight is 2120 g/mol. The third-order valence-electron chi connectivity index (χ3n) is 21.7. The van der Waals surface area contributed by atoms with E-state index in [4.69, 9.17) is 54.4 Å². The molecule has 15 rings (SSSR count). The summed E-state index contributed by atoms with van der Waals surface area (Å²) in [6.07, 6.45) is 4.14. The van der Waals surface area contributed by atoms with Crippen LogP contribution in [0.15, 0.2) is 249 Å². The first-order chi connectivity index (χ1) is 68.4. The van der Waals surface area contributed by atoms with Crippen molar-refractivity contribution in [3.05, 3.63) is 303 Å². The van der Waals surface area contributed by atoms with Crippen molar-refractivity contribution in [2.75, 3.05) is 53.0 Å². The number of ketones is 7. The molecule has 0 spiro atoms. The van der Waals surface area contributed by atoms with E-state index in [2.05, 4.69) is 37.5 Å². The van der Waals surface area contributed by atoms with Gasteiger partial charge in [0.2, 0.25) is 5.78 Å². The van der Waals surface area contributed by atoms with Crippen molar-refractivity contribution in [2.24, 2.45) is 0 Å². The second kappa shape index (κ2) is 58.9. The standard InChI is InChI=1S/C27H30IN3O4.C27H31N3O4.C17H14N2O2.C13H14O4.C11H21NO3.C9H10O.C8H7FO.H2N2.Na.H2O.H2.H/c1-18(32)25-23(28)24(19-12-14-22(15-13-19)34-21-10-6-5-7-11-21)29-31(25)20-9-8-16-30(17-20)26(33)35-27(2,3)4;1-19(31)25-17-24(20-12-14-23(15-13-20)33-22-10-6-5-7-11-22)28-30(25)21-9-8-16-29(18-21)26(32)34-27(2,3)4;1-12(20)16-11-17(19-18-16)13-7-9-15(10-8-13)21-14-5-3-2-4-6-14;1-3-17-13(16)12(15)8-11(14)10-6-4-9(2)5-7-10;1-11(2,3)15-10(13)12-7-5-6-9(8-12)14-4;1-7-3-5-9(6-4-7)8(2)10;1-6(10)7-2-4-8(9)5-3-7;1-2;;;;/h5-7,10-15,20H,8-9,16-17H2,1-4H3;5-7,10-15,17,21H,8-9,16,18H2,1-4H3;2-11H,1H3,(H,18,19);4-7H,3,8H2,1-2H3;9H,5-8H2,1-4H3;3-6H,1-2H3;2-5H,1H3;1-2H;;1H2;1H;/q;;;;;;;;+1;;;-1. The van der Waals surface area contributed by atoms with Gasteiger partial charge in [-0.05, 0) is 304 Å². The maximum atomic E-state index is 12.7. The summed E-state index contributed by atoms with van der Waals surface area (Å²) in [5, 5.41) is 16.5. The van der Waals surface area contributed by atoms with Gasteiger partial charge in [-0.1, -0.05) is 114 Å². The number of amides is 3. The maximum absolute atomic E-state index is 12.7. The molecule has 772 valence electrons. The minimum atomic E-state index is -0.951. The minimum Gasteiger partial charge on any atom is -1.00 e. The number of methoxy groups -OCH3 is 1.